The van der Waals surface area contributed by atoms with E-state index >= 15 is 0 Å². The van der Waals surface area contributed by atoms with Crippen molar-refractivity contribution >= 4 is 18.3 Å². The average molecular weight is 315 g/mol. The van der Waals surface area contributed by atoms with E-state index in [-0.39, 0.29) is 31.0 Å². The minimum atomic E-state index is 0. The van der Waals surface area contributed by atoms with Crippen molar-refractivity contribution in [3.05, 3.63) is 23.8 Å². The zero-order chi connectivity index (χ0) is 14.5. The first-order valence-electron chi connectivity index (χ1n) is 6.89. The maximum absolute atomic E-state index is 12.2. The summed E-state index contributed by atoms with van der Waals surface area (Å²) in [6, 6.07) is 5.88. The molecule has 0 saturated carbocycles. The maximum Gasteiger partial charge on any atom is 0.260 e. The molecule has 1 aromatic carbocycles. The van der Waals surface area contributed by atoms with Gasteiger partial charge in [-0.15, -0.1) is 12.4 Å². The van der Waals surface area contributed by atoms with Crippen LogP contribution in [0.25, 0.3) is 0 Å². The van der Waals surface area contributed by atoms with Crippen LogP contribution in [0.1, 0.15) is 12.5 Å². The Morgan fingerprint density at radius 1 is 1.43 bits per heavy atom. The van der Waals surface area contributed by atoms with Crippen molar-refractivity contribution in [1.82, 2.24) is 10.2 Å². The zero-order valence-corrected chi connectivity index (χ0v) is 13.5. The first-order valence-corrected chi connectivity index (χ1v) is 6.89. The first kappa shape index (κ1) is 17.6. The van der Waals surface area contributed by atoms with Gasteiger partial charge in [0.2, 0.25) is 0 Å². The minimum Gasteiger partial charge on any atom is -0.493 e. The standard InChI is InChI=1S/C15H22N2O3.ClH/c1-11-4-5-13(14(8-11)19-3)20-10-15(18)17-7-6-16-9-12(17)2;/h4-5,8,12,16H,6-7,9-10H2,1-3H3;1H/t12-;/m0./s1. The summed E-state index contributed by atoms with van der Waals surface area (Å²) < 4.78 is 10.9. The number of carbonyl (C=O) groups excluding carboxylic acids is 1. The van der Waals surface area contributed by atoms with E-state index in [0.717, 1.165) is 25.2 Å². The third-order valence-corrected chi connectivity index (χ3v) is 3.49. The van der Waals surface area contributed by atoms with Crippen LogP contribution in [0.15, 0.2) is 18.2 Å². The summed E-state index contributed by atoms with van der Waals surface area (Å²) in [6.07, 6.45) is 0. The second kappa shape index (κ2) is 8.10. The minimum absolute atomic E-state index is 0. The molecule has 0 aromatic heterocycles. The van der Waals surface area contributed by atoms with Gasteiger partial charge in [-0.25, -0.2) is 0 Å². The van der Waals surface area contributed by atoms with Crippen LogP contribution >= 0.6 is 12.4 Å². The lowest BCUT2D eigenvalue weighted by molar-refractivity contribution is -0.136. The van der Waals surface area contributed by atoms with E-state index in [1.807, 2.05) is 36.9 Å². The third-order valence-electron chi connectivity index (χ3n) is 3.49. The molecule has 0 unspecified atom stereocenters. The summed E-state index contributed by atoms with van der Waals surface area (Å²) in [5, 5.41) is 3.26. The number of hydrogen-bond donors (Lipinski definition) is 1. The molecule has 6 heteroatoms. The topological polar surface area (TPSA) is 50.8 Å². The van der Waals surface area contributed by atoms with Crippen molar-refractivity contribution in [3.8, 4) is 11.5 Å². The molecule has 0 radical (unpaired) electrons. The summed E-state index contributed by atoms with van der Waals surface area (Å²) >= 11 is 0. The van der Waals surface area contributed by atoms with Crippen LogP contribution in [0.4, 0.5) is 0 Å². The molecule has 1 saturated heterocycles. The second-order valence-corrected chi connectivity index (χ2v) is 5.08. The van der Waals surface area contributed by atoms with Gasteiger partial charge >= 0.3 is 0 Å². The van der Waals surface area contributed by atoms with Crippen molar-refractivity contribution in [2.24, 2.45) is 0 Å². The molecule has 0 bridgehead atoms. The van der Waals surface area contributed by atoms with Crippen LogP contribution in [0.5, 0.6) is 11.5 Å². The molecule has 1 atom stereocenters. The van der Waals surface area contributed by atoms with Gasteiger partial charge in [0.1, 0.15) is 0 Å². The Kier molecular flexibility index (Phi) is 6.78. The largest absolute Gasteiger partial charge is 0.493 e. The number of ether oxygens (including phenoxy) is 2. The van der Waals surface area contributed by atoms with E-state index in [4.69, 9.17) is 9.47 Å². The Balaban J connectivity index is 0.00000220. The van der Waals surface area contributed by atoms with Gasteiger partial charge in [0.25, 0.3) is 5.91 Å². The van der Waals surface area contributed by atoms with Crippen LogP contribution < -0.4 is 14.8 Å². The van der Waals surface area contributed by atoms with Gasteiger partial charge in [-0.2, -0.15) is 0 Å². The molecule has 1 aliphatic heterocycles. The number of nitrogens with zero attached hydrogens (tertiary/aromatic N) is 1. The van der Waals surface area contributed by atoms with E-state index in [9.17, 15) is 4.79 Å². The number of amides is 1. The average Bonchev–Trinajstić information content (AvgIpc) is 2.46. The van der Waals surface area contributed by atoms with Crippen LogP contribution in [-0.2, 0) is 4.79 Å². The molecule has 0 spiro atoms. The molecule has 1 N–H and O–H groups in total. The summed E-state index contributed by atoms with van der Waals surface area (Å²) in [7, 11) is 1.60. The lowest BCUT2D eigenvalue weighted by atomic mass is 10.2. The summed E-state index contributed by atoms with van der Waals surface area (Å²) in [6.45, 7) is 6.47. The molecule has 1 aromatic rings. The number of methoxy groups -OCH3 is 1. The SMILES string of the molecule is COc1cc(C)ccc1OCC(=O)N1CCNC[C@@H]1C.Cl. The second-order valence-electron chi connectivity index (χ2n) is 5.08. The van der Waals surface area contributed by atoms with Crippen molar-refractivity contribution in [3.63, 3.8) is 0 Å². The van der Waals surface area contributed by atoms with Gasteiger partial charge in [0.05, 0.1) is 7.11 Å². The van der Waals surface area contributed by atoms with E-state index in [2.05, 4.69) is 5.32 Å². The van der Waals surface area contributed by atoms with Crippen LogP contribution in [0.2, 0.25) is 0 Å². The number of benzene rings is 1. The van der Waals surface area contributed by atoms with Crippen molar-refractivity contribution in [1.29, 1.82) is 0 Å². The van der Waals surface area contributed by atoms with Crippen LogP contribution in [0.3, 0.4) is 0 Å². The zero-order valence-electron chi connectivity index (χ0n) is 12.7. The molecule has 1 aliphatic rings. The normalized spacial score (nSPS) is 17.9. The van der Waals surface area contributed by atoms with Crippen LogP contribution in [-0.4, -0.2) is 50.2 Å². The van der Waals surface area contributed by atoms with Gasteiger partial charge in [-0.3, -0.25) is 4.79 Å². The predicted octanol–water partition coefficient (Wildman–Crippen LogP) is 1.62. The van der Waals surface area contributed by atoms with Crippen molar-refractivity contribution < 1.29 is 14.3 Å². The Morgan fingerprint density at radius 3 is 2.86 bits per heavy atom. The quantitative estimate of drug-likeness (QED) is 0.917. The van der Waals surface area contributed by atoms with E-state index in [0.29, 0.717) is 11.5 Å². The van der Waals surface area contributed by atoms with E-state index < -0.39 is 0 Å². The van der Waals surface area contributed by atoms with Crippen molar-refractivity contribution in [2.75, 3.05) is 33.4 Å². The third kappa shape index (κ3) is 4.51. The number of piperazine rings is 1. The fraction of sp³-hybridized carbons (Fsp3) is 0.533. The molecule has 1 heterocycles. The van der Waals surface area contributed by atoms with Gasteiger partial charge in [0, 0.05) is 25.7 Å². The molecule has 1 amide bonds. The molecule has 118 valence electrons. The highest BCUT2D eigenvalue weighted by molar-refractivity contribution is 5.85. The van der Waals surface area contributed by atoms with Crippen molar-refractivity contribution in [2.45, 2.75) is 19.9 Å². The van der Waals surface area contributed by atoms with E-state index in [1.165, 1.54) is 0 Å². The lowest BCUT2D eigenvalue weighted by Gasteiger charge is -2.33. The predicted molar refractivity (Wildman–Crippen MR) is 84.5 cm³/mol. The van der Waals surface area contributed by atoms with Gasteiger partial charge < -0.3 is 19.7 Å². The number of rotatable bonds is 4. The highest BCUT2D eigenvalue weighted by atomic mass is 35.5. The molecule has 5 nitrogen and oxygen atoms in total. The van der Waals surface area contributed by atoms with Crippen LogP contribution in [0, 0.1) is 6.92 Å². The highest BCUT2D eigenvalue weighted by Gasteiger charge is 2.23. The first-order chi connectivity index (χ1) is 9.61. The Hall–Kier alpha value is -1.46. The monoisotopic (exact) mass is 314 g/mol. The van der Waals surface area contributed by atoms with Gasteiger partial charge in [0.15, 0.2) is 18.1 Å². The highest BCUT2D eigenvalue weighted by Crippen LogP contribution is 2.27. The molecule has 1 fully saturated rings. The molecule has 21 heavy (non-hydrogen) atoms. The number of carbonyl (C=O) groups is 1. The van der Waals surface area contributed by atoms with Gasteiger partial charge in [-0.05, 0) is 31.5 Å². The maximum atomic E-state index is 12.2. The molecular weight excluding hydrogens is 292 g/mol. The summed E-state index contributed by atoms with van der Waals surface area (Å²) in [4.78, 5) is 14.0. The molecule has 0 aliphatic carbocycles. The Bertz CT molecular complexity index is 482. The summed E-state index contributed by atoms with van der Waals surface area (Å²) in [5.74, 6) is 1.28. The van der Waals surface area contributed by atoms with Gasteiger partial charge in [-0.1, -0.05) is 6.07 Å². The Labute approximate surface area is 132 Å². The smallest absolute Gasteiger partial charge is 0.260 e. The fourth-order valence-corrected chi connectivity index (χ4v) is 2.33. The number of halogens is 1. The number of nitrogens with one attached hydrogen (secondary N) is 1. The number of aryl methyl sites for hydroxylation is 1. The van der Waals surface area contributed by atoms with E-state index in [1.54, 1.807) is 7.11 Å². The number of hydrogen-bond acceptors (Lipinski definition) is 4. The molecular formula is C15H23ClN2O3. The Morgan fingerprint density at radius 2 is 2.19 bits per heavy atom. The lowest BCUT2D eigenvalue weighted by Crippen LogP contribution is -2.53. The molecule has 2 rings (SSSR count). The fourth-order valence-electron chi connectivity index (χ4n) is 2.33. The summed E-state index contributed by atoms with van der Waals surface area (Å²) in [5.41, 5.74) is 1.09.